The van der Waals surface area contributed by atoms with E-state index in [1.54, 1.807) is 0 Å². The maximum absolute atomic E-state index is 13.7. The van der Waals surface area contributed by atoms with Crippen LogP contribution in [0.4, 0.5) is 5.69 Å². The minimum Gasteiger partial charge on any atom is -0.339 e. The van der Waals surface area contributed by atoms with E-state index in [0.717, 1.165) is 42.5 Å². The molecule has 7 heteroatoms. The van der Waals surface area contributed by atoms with Crippen LogP contribution in [0.15, 0.2) is 18.2 Å². The van der Waals surface area contributed by atoms with E-state index in [1.165, 1.54) is 19.3 Å². The van der Waals surface area contributed by atoms with Crippen LogP contribution < -0.4 is 10.6 Å². The van der Waals surface area contributed by atoms with Gasteiger partial charge in [-0.1, -0.05) is 63.6 Å². The summed E-state index contributed by atoms with van der Waals surface area (Å²) >= 11 is 0. The van der Waals surface area contributed by atoms with Gasteiger partial charge in [-0.15, -0.1) is 0 Å². The molecule has 0 bridgehead atoms. The number of nitriles is 1. The number of piperidine rings is 1. The molecule has 5 unspecified atom stereocenters. The Kier molecular flexibility index (Phi) is 7.04. The molecule has 198 valence electrons. The van der Waals surface area contributed by atoms with Gasteiger partial charge >= 0.3 is 0 Å². The number of likely N-dealkylation sites (tertiary alicyclic amines) is 1. The Morgan fingerprint density at radius 1 is 1.19 bits per heavy atom. The molecule has 1 aromatic rings. The molecule has 7 nitrogen and oxygen atoms in total. The third-order valence-electron chi connectivity index (χ3n) is 9.56. The predicted octanol–water partition coefficient (Wildman–Crippen LogP) is 4.35. The van der Waals surface area contributed by atoms with Crippen LogP contribution in [0.5, 0.6) is 0 Å². The maximum Gasteiger partial charge on any atom is 0.244 e. The van der Waals surface area contributed by atoms with Gasteiger partial charge in [-0.05, 0) is 61.5 Å². The van der Waals surface area contributed by atoms with E-state index in [-0.39, 0.29) is 47.3 Å². The molecular weight excluding hydrogens is 464 g/mol. The smallest absolute Gasteiger partial charge is 0.244 e. The summed E-state index contributed by atoms with van der Waals surface area (Å²) in [6.07, 6.45) is 8.34. The Bertz CT molecular complexity index is 1110. The first kappa shape index (κ1) is 25.8. The highest BCUT2D eigenvalue weighted by molar-refractivity contribution is 5.96. The molecule has 2 heterocycles. The van der Waals surface area contributed by atoms with E-state index in [9.17, 15) is 19.6 Å². The van der Waals surface area contributed by atoms with E-state index in [2.05, 4.69) is 36.6 Å². The van der Waals surface area contributed by atoms with Crippen LogP contribution in [0.2, 0.25) is 0 Å². The molecule has 2 aliphatic carbocycles. The number of amides is 3. The zero-order valence-electron chi connectivity index (χ0n) is 22.4. The van der Waals surface area contributed by atoms with Crippen molar-refractivity contribution in [2.75, 3.05) is 11.9 Å². The fraction of sp³-hybridized carbons (Fsp3) is 0.667. The van der Waals surface area contributed by atoms with E-state index >= 15 is 0 Å². The van der Waals surface area contributed by atoms with Crippen LogP contribution >= 0.6 is 0 Å². The normalized spacial score (nSPS) is 29.6. The highest BCUT2D eigenvalue weighted by Crippen LogP contribution is 2.65. The molecule has 4 aliphatic rings. The molecule has 2 aliphatic heterocycles. The molecule has 2 N–H and O–H groups in total. The van der Waals surface area contributed by atoms with Crippen LogP contribution in [0.1, 0.15) is 76.3 Å². The molecule has 37 heavy (non-hydrogen) atoms. The van der Waals surface area contributed by atoms with Crippen molar-refractivity contribution >= 4 is 23.4 Å². The van der Waals surface area contributed by atoms with Crippen LogP contribution in [0.3, 0.4) is 0 Å². The van der Waals surface area contributed by atoms with Gasteiger partial charge in [0.25, 0.3) is 0 Å². The second-order valence-electron chi connectivity index (χ2n) is 12.4. The van der Waals surface area contributed by atoms with Crippen molar-refractivity contribution in [1.82, 2.24) is 10.2 Å². The SMILES string of the molecule is Cc1ccc2c(c1)CC(CC(C#N)NC(=O)C1C3C(CN1C(=O)C1CCCCCCC1)C3(C)C)C(=O)N2. The van der Waals surface area contributed by atoms with Crippen molar-refractivity contribution in [3.63, 3.8) is 0 Å². The molecule has 1 saturated heterocycles. The lowest BCUT2D eigenvalue weighted by molar-refractivity contribution is -0.144. The van der Waals surface area contributed by atoms with Crippen molar-refractivity contribution in [2.45, 2.75) is 90.6 Å². The van der Waals surface area contributed by atoms with E-state index in [0.29, 0.717) is 18.9 Å². The zero-order valence-corrected chi connectivity index (χ0v) is 22.4. The third-order valence-corrected chi connectivity index (χ3v) is 9.56. The van der Waals surface area contributed by atoms with E-state index in [4.69, 9.17) is 0 Å². The van der Waals surface area contributed by atoms with Crippen molar-refractivity contribution in [2.24, 2.45) is 29.1 Å². The van der Waals surface area contributed by atoms with Crippen molar-refractivity contribution in [3.8, 4) is 6.07 Å². The molecule has 1 aromatic carbocycles. The lowest BCUT2D eigenvalue weighted by atomic mass is 9.87. The number of fused-ring (bicyclic) bond motifs is 2. The molecule has 0 spiro atoms. The summed E-state index contributed by atoms with van der Waals surface area (Å²) in [4.78, 5) is 41.9. The number of nitrogens with zero attached hydrogens (tertiary/aromatic N) is 2. The van der Waals surface area contributed by atoms with Gasteiger partial charge in [-0.2, -0.15) is 5.26 Å². The second kappa shape index (κ2) is 10.1. The van der Waals surface area contributed by atoms with Gasteiger partial charge in [0.1, 0.15) is 12.1 Å². The maximum atomic E-state index is 13.7. The van der Waals surface area contributed by atoms with Crippen molar-refractivity contribution in [1.29, 1.82) is 5.26 Å². The van der Waals surface area contributed by atoms with Gasteiger partial charge in [0, 0.05) is 24.1 Å². The minimum absolute atomic E-state index is 0.00237. The van der Waals surface area contributed by atoms with Crippen molar-refractivity contribution < 1.29 is 14.4 Å². The molecule has 5 atom stereocenters. The Balaban J connectivity index is 1.27. The average Bonchev–Trinajstić information content (AvgIpc) is 3.16. The lowest BCUT2D eigenvalue weighted by Gasteiger charge is -2.34. The first-order valence-electron chi connectivity index (χ1n) is 14.1. The Hall–Kier alpha value is -2.88. The number of hydrogen-bond acceptors (Lipinski definition) is 4. The largest absolute Gasteiger partial charge is 0.339 e. The van der Waals surface area contributed by atoms with Gasteiger partial charge in [-0.25, -0.2) is 0 Å². The van der Waals surface area contributed by atoms with Crippen LogP contribution in [-0.2, 0) is 20.8 Å². The summed E-state index contributed by atoms with van der Waals surface area (Å²) < 4.78 is 0. The van der Waals surface area contributed by atoms with Gasteiger partial charge in [0.05, 0.1) is 6.07 Å². The fourth-order valence-electron chi connectivity index (χ4n) is 7.23. The summed E-state index contributed by atoms with van der Waals surface area (Å²) in [7, 11) is 0. The number of aryl methyl sites for hydroxylation is 1. The quantitative estimate of drug-likeness (QED) is 0.622. The topological polar surface area (TPSA) is 102 Å². The summed E-state index contributed by atoms with van der Waals surface area (Å²) in [5, 5.41) is 15.8. The standard InChI is InChI=1S/C30H40N4O3/c1-18-11-12-24-20(13-18)14-21(27(35)33-24)15-22(16-31)32-28(36)26-25-23(30(25,2)3)17-34(26)29(37)19-9-7-5-4-6-8-10-19/h11-13,19,21-23,25-26H,4-10,14-15,17H2,1-3H3,(H,32,36)(H,33,35). The van der Waals surface area contributed by atoms with Crippen LogP contribution in [-0.4, -0.2) is 41.2 Å². The number of carbonyl (C=O) groups excluding carboxylic acids is 3. The fourth-order valence-corrected chi connectivity index (χ4v) is 7.23. The molecule has 3 amide bonds. The summed E-state index contributed by atoms with van der Waals surface area (Å²) in [6.45, 7) is 6.99. The first-order valence-corrected chi connectivity index (χ1v) is 14.1. The molecule has 2 saturated carbocycles. The number of hydrogen-bond donors (Lipinski definition) is 2. The second-order valence-corrected chi connectivity index (χ2v) is 12.4. The average molecular weight is 505 g/mol. The number of rotatable bonds is 5. The predicted molar refractivity (Wildman–Crippen MR) is 141 cm³/mol. The molecule has 5 rings (SSSR count). The summed E-state index contributed by atoms with van der Waals surface area (Å²) in [6, 6.07) is 6.85. The lowest BCUT2D eigenvalue weighted by Crippen LogP contribution is -2.53. The Morgan fingerprint density at radius 2 is 1.89 bits per heavy atom. The van der Waals surface area contributed by atoms with Crippen LogP contribution in [0.25, 0.3) is 0 Å². The van der Waals surface area contributed by atoms with Gasteiger partial charge in [0.2, 0.25) is 17.7 Å². The first-order chi connectivity index (χ1) is 17.7. The molecular formula is C30H40N4O3. The zero-order chi connectivity index (χ0) is 26.3. The number of carbonyl (C=O) groups is 3. The summed E-state index contributed by atoms with van der Waals surface area (Å²) in [5.74, 6) is -0.176. The Labute approximate surface area is 220 Å². The monoisotopic (exact) mass is 504 g/mol. The van der Waals surface area contributed by atoms with Gasteiger partial charge < -0.3 is 15.5 Å². The number of nitrogens with one attached hydrogen (secondary N) is 2. The van der Waals surface area contributed by atoms with E-state index < -0.39 is 12.1 Å². The highest BCUT2D eigenvalue weighted by atomic mass is 16.2. The highest BCUT2D eigenvalue weighted by Gasteiger charge is 2.69. The van der Waals surface area contributed by atoms with E-state index in [1.807, 2.05) is 24.0 Å². The van der Waals surface area contributed by atoms with Gasteiger partial charge in [-0.3, -0.25) is 14.4 Å². The van der Waals surface area contributed by atoms with Crippen LogP contribution in [0, 0.1) is 47.3 Å². The molecule has 0 radical (unpaired) electrons. The van der Waals surface area contributed by atoms with Gasteiger partial charge in [0.15, 0.2) is 0 Å². The Morgan fingerprint density at radius 3 is 2.59 bits per heavy atom. The number of benzene rings is 1. The molecule has 0 aromatic heterocycles. The third kappa shape index (κ3) is 5.00. The minimum atomic E-state index is -0.783. The molecule has 3 fully saturated rings. The summed E-state index contributed by atoms with van der Waals surface area (Å²) in [5.41, 5.74) is 3.02. The van der Waals surface area contributed by atoms with Crippen molar-refractivity contribution in [3.05, 3.63) is 29.3 Å². The number of anilines is 1.